The number of aryl methyl sites for hydroxylation is 1. The Morgan fingerprint density at radius 1 is 1.08 bits per heavy atom. The van der Waals surface area contributed by atoms with Gasteiger partial charge in [-0.15, -0.1) is 0 Å². The average molecular weight is 377 g/mol. The Morgan fingerprint density at radius 2 is 1.77 bits per heavy atom. The van der Waals surface area contributed by atoms with Crippen molar-refractivity contribution in [2.24, 2.45) is 5.92 Å². The van der Waals surface area contributed by atoms with E-state index in [9.17, 15) is 0 Å². The van der Waals surface area contributed by atoms with Gasteiger partial charge in [0.25, 0.3) is 0 Å². The zero-order valence-corrected chi connectivity index (χ0v) is 16.4. The van der Waals surface area contributed by atoms with E-state index < -0.39 is 0 Å². The van der Waals surface area contributed by atoms with Crippen LogP contribution in [-0.2, 0) is 0 Å². The van der Waals surface area contributed by atoms with Crippen LogP contribution >= 0.6 is 11.6 Å². The zero-order chi connectivity index (χ0) is 18.7. The van der Waals surface area contributed by atoms with Gasteiger partial charge >= 0.3 is 0 Å². The maximum Gasteiger partial charge on any atom is 0.227 e. The Hall–Kier alpha value is -2.21. The van der Waals surface area contributed by atoms with Gasteiger partial charge in [-0.1, -0.05) is 18.5 Å². The van der Waals surface area contributed by atoms with E-state index in [1.165, 1.54) is 12.8 Å². The molecule has 2 heterocycles. The van der Waals surface area contributed by atoms with Crippen LogP contribution in [0.25, 0.3) is 0 Å². The molecular weight excluding hydrogens is 352 g/mol. The first-order valence-corrected chi connectivity index (χ1v) is 9.17. The minimum atomic E-state index is 0.497. The number of aromatic nitrogens is 2. The Morgan fingerprint density at radius 3 is 2.42 bits per heavy atom. The fourth-order valence-electron chi connectivity index (χ4n) is 3.06. The van der Waals surface area contributed by atoms with Gasteiger partial charge in [-0.05, 0) is 25.7 Å². The highest BCUT2D eigenvalue weighted by atomic mass is 35.5. The summed E-state index contributed by atoms with van der Waals surface area (Å²) in [5, 5.41) is 3.81. The first-order valence-electron chi connectivity index (χ1n) is 8.79. The SMILES string of the molecule is COc1cc(Nc2cc(C)nc(N3CCC(C)CC3)n2)c(OC)cc1Cl. The third-order valence-corrected chi connectivity index (χ3v) is 4.94. The Labute approximate surface area is 159 Å². The van der Waals surface area contributed by atoms with Crippen molar-refractivity contribution in [2.45, 2.75) is 26.7 Å². The number of anilines is 3. The van der Waals surface area contributed by atoms with Crippen molar-refractivity contribution < 1.29 is 9.47 Å². The summed E-state index contributed by atoms with van der Waals surface area (Å²) in [4.78, 5) is 11.6. The number of hydrogen-bond donors (Lipinski definition) is 1. The van der Waals surface area contributed by atoms with E-state index in [2.05, 4.69) is 22.1 Å². The van der Waals surface area contributed by atoms with Crippen LogP contribution in [0.5, 0.6) is 11.5 Å². The molecular formula is C19H25ClN4O2. The van der Waals surface area contributed by atoms with E-state index in [0.717, 1.165) is 36.3 Å². The fraction of sp³-hybridized carbons (Fsp3) is 0.474. The zero-order valence-electron chi connectivity index (χ0n) is 15.7. The lowest BCUT2D eigenvalue weighted by molar-refractivity contribution is 0.405. The van der Waals surface area contributed by atoms with E-state index in [0.29, 0.717) is 22.3 Å². The second-order valence-corrected chi connectivity index (χ2v) is 7.08. The number of rotatable bonds is 5. The van der Waals surface area contributed by atoms with Crippen LogP contribution in [-0.4, -0.2) is 37.3 Å². The smallest absolute Gasteiger partial charge is 0.227 e. The molecule has 0 atom stereocenters. The van der Waals surface area contributed by atoms with E-state index in [1.54, 1.807) is 26.4 Å². The van der Waals surface area contributed by atoms with E-state index >= 15 is 0 Å². The molecule has 0 amide bonds. The van der Waals surface area contributed by atoms with Gasteiger partial charge in [0.1, 0.15) is 17.3 Å². The third kappa shape index (κ3) is 4.12. The number of piperidine rings is 1. The van der Waals surface area contributed by atoms with Crippen molar-refractivity contribution in [1.82, 2.24) is 9.97 Å². The lowest BCUT2D eigenvalue weighted by atomic mass is 10.00. The van der Waals surface area contributed by atoms with Crippen LogP contribution in [0.15, 0.2) is 18.2 Å². The summed E-state index contributed by atoms with van der Waals surface area (Å²) in [6.07, 6.45) is 2.34. The second kappa shape index (κ2) is 7.99. The van der Waals surface area contributed by atoms with E-state index in [4.69, 9.17) is 26.1 Å². The minimum Gasteiger partial charge on any atom is -0.495 e. The Kier molecular flexibility index (Phi) is 5.71. The van der Waals surface area contributed by atoms with Gasteiger partial charge < -0.3 is 19.7 Å². The lowest BCUT2D eigenvalue weighted by Gasteiger charge is -2.30. The summed E-state index contributed by atoms with van der Waals surface area (Å²) in [7, 11) is 3.19. The molecule has 0 radical (unpaired) electrons. The lowest BCUT2D eigenvalue weighted by Crippen LogP contribution is -2.34. The fourth-order valence-corrected chi connectivity index (χ4v) is 3.29. The molecule has 0 bridgehead atoms. The van der Waals surface area contributed by atoms with Crippen molar-refractivity contribution in [3.63, 3.8) is 0 Å². The molecule has 1 aliphatic rings. The Balaban J connectivity index is 1.88. The number of hydrogen-bond acceptors (Lipinski definition) is 6. The topological polar surface area (TPSA) is 59.5 Å². The molecule has 2 aromatic rings. The standard InChI is InChI=1S/C19H25ClN4O2/c1-12-5-7-24(8-6-12)19-21-13(2)9-18(23-19)22-15-11-16(25-3)14(20)10-17(15)26-4/h9-12H,5-8H2,1-4H3,(H,21,22,23). The van der Waals surface area contributed by atoms with Crippen LogP contribution in [0, 0.1) is 12.8 Å². The molecule has 1 aliphatic heterocycles. The maximum atomic E-state index is 6.18. The van der Waals surface area contributed by atoms with Crippen molar-refractivity contribution in [3.05, 3.63) is 28.9 Å². The normalized spacial score (nSPS) is 15.0. The van der Waals surface area contributed by atoms with Crippen LogP contribution in [0.4, 0.5) is 17.5 Å². The van der Waals surface area contributed by atoms with Gasteiger partial charge in [-0.2, -0.15) is 4.98 Å². The van der Waals surface area contributed by atoms with E-state index in [1.807, 2.05) is 13.0 Å². The van der Waals surface area contributed by atoms with Crippen molar-refractivity contribution >= 4 is 29.1 Å². The summed E-state index contributed by atoms with van der Waals surface area (Å²) in [6.45, 7) is 6.24. The predicted octanol–water partition coefficient (Wildman–Crippen LogP) is 4.44. The molecule has 0 saturated carbocycles. The molecule has 0 spiro atoms. The summed E-state index contributed by atoms with van der Waals surface area (Å²) in [5.41, 5.74) is 1.65. The van der Waals surface area contributed by atoms with Crippen molar-refractivity contribution in [2.75, 3.05) is 37.5 Å². The van der Waals surface area contributed by atoms with Gasteiger partial charge in [-0.3, -0.25) is 0 Å². The highest BCUT2D eigenvalue weighted by Crippen LogP contribution is 2.37. The van der Waals surface area contributed by atoms with Crippen LogP contribution in [0.2, 0.25) is 5.02 Å². The molecule has 1 N–H and O–H groups in total. The largest absolute Gasteiger partial charge is 0.495 e. The highest BCUT2D eigenvalue weighted by Gasteiger charge is 2.19. The maximum absolute atomic E-state index is 6.18. The number of ether oxygens (including phenoxy) is 2. The highest BCUT2D eigenvalue weighted by molar-refractivity contribution is 6.32. The number of benzene rings is 1. The van der Waals surface area contributed by atoms with Crippen LogP contribution in [0.1, 0.15) is 25.5 Å². The molecule has 6 nitrogen and oxygen atoms in total. The van der Waals surface area contributed by atoms with E-state index in [-0.39, 0.29) is 0 Å². The molecule has 7 heteroatoms. The number of methoxy groups -OCH3 is 2. The third-order valence-electron chi connectivity index (χ3n) is 4.65. The van der Waals surface area contributed by atoms with Gasteiger partial charge in [0.2, 0.25) is 5.95 Å². The molecule has 0 unspecified atom stereocenters. The van der Waals surface area contributed by atoms with Gasteiger partial charge in [0.15, 0.2) is 0 Å². The Bertz CT molecular complexity index is 776. The van der Waals surface area contributed by atoms with Gasteiger partial charge in [-0.25, -0.2) is 4.98 Å². The summed E-state index contributed by atoms with van der Waals surface area (Å²) in [6, 6.07) is 5.45. The monoisotopic (exact) mass is 376 g/mol. The van der Waals surface area contributed by atoms with Gasteiger partial charge in [0.05, 0.1) is 24.9 Å². The molecule has 1 aromatic carbocycles. The quantitative estimate of drug-likeness (QED) is 0.832. The van der Waals surface area contributed by atoms with Crippen molar-refractivity contribution in [1.29, 1.82) is 0 Å². The summed E-state index contributed by atoms with van der Waals surface area (Å²) in [5.74, 6) is 3.44. The van der Waals surface area contributed by atoms with Crippen LogP contribution < -0.4 is 19.7 Å². The predicted molar refractivity (Wildman–Crippen MR) is 105 cm³/mol. The molecule has 140 valence electrons. The molecule has 1 saturated heterocycles. The van der Waals surface area contributed by atoms with Gasteiger partial charge in [0, 0.05) is 37.0 Å². The molecule has 3 rings (SSSR count). The first-order chi connectivity index (χ1) is 12.5. The summed E-state index contributed by atoms with van der Waals surface area (Å²) < 4.78 is 10.7. The molecule has 0 aliphatic carbocycles. The van der Waals surface area contributed by atoms with Crippen LogP contribution in [0.3, 0.4) is 0 Å². The summed E-state index contributed by atoms with van der Waals surface area (Å²) >= 11 is 6.18. The first kappa shape index (κ1) is 18.6. The number of halogens is 1. The molecule has 1 aromatic heterocycles. The second-order valence-electron chi connectivity index (χ2n) is 6.68. The number of nitrogens with zero attached hydrogens (tertiary/aromatic N) is 3. The molecule has 1 fully saturated rings. The van der Waals surface area contributed by atoms with Crippen molar-refractivity contribution in [3.8, 4) is 11.5 Å². The number of nitrogens with one attached hydrogen (secondary N) is 1. The minimum absolute atomic E-state index is 0.497. The average Bonchev–Trinajstić information content (AvgIpc) is 2.63. The molecule has 26 heavy (non-hydrogen) atoms.